The molecule has 76 valence electrons. The van der Waals surface area contributed by atoms with E-state index < -0.39 is 0 Å². The van der Waals surface area contributed by atoms with Crippen LogP contribution >= 0.6 is 0 Å². The summed E-state index contributed by atoms with van der Waals surface area (Å²) in [6.45, 7) is 3.97. The fourth-order valence-corrected chi connectivity index (χ4v) is 1.55. The van der Waals surface area contributed by atoms with Crippen molar-refractivity contribution in [3.63, 3.8) is 0 Å². The van der Waals surface area contributed by atoms with Crippen LogP contribution in [0.5, 0.6) is 5.75 Å². The van der Waals surface area contributed by atoms with Crippen molar-refractivity contribution in [2.45, 2.75) is 38.7 Å². The number of ether oxygens (including phenoxy) is 1. The van der Waals surface area contributed by atoms with Crippen LogP contribution in [-0.4, -0.2) is 6.10 Å². The Balaban J connectivity index is 2.30. The van der Waals surface area contributed by atoms with Gasteiger partial charge in [0.15, 0.2) is 0 Å². The Morgan fingerprint density at radius 2 is 2.07 bits per heavy atom. The number of hydrogen-bond acceptors (Lipinski definition) is 1. The minimum atomic E-state index is -0.154. The van der Waals surface area contributed by atoms with Gasteiger partial charge in [0, 0.05) is 5.56 Å². The number of halogens is 1. The third kappa shape index (κ3) is 1.89. The van der Waals surface area contributed by atoms with Crippen LogP contribution in [0.3, 0.4) is 0 Å². The maximum Gasteiger partial charge on any atom is 0.130 e. The van der Waals surface area contributed by atoms with E-state index in [1.165, 1.54) is 6.07 Å². The van der Waals surface area contributed by atoms with E-state index in [1.54, 1.807) is 6.07 Å². The van der Waals surface area contributed by atoms with Gasteiger partial charge in [0.05, 0.1) is 6.10 Å². The molecule has 1 aromatic carbocycles. The lowest BCUT2D eigenvalue weighted by molar-refractivity contribution is 0.296. The van der Waals surface area contributed by atoms with Crippen molar-refractivity contribution >= 4 is 0 Å². The van der Waals surface area contributed by atoms with Gasteiger partial charge in [-0.3, -0.25) is 0 Å². The van der Waals surface area contributed by atoms with Crippen LogP contribution < -0.4 is 4.74 Å². The van der Waals surface area contributed by atoms with Crippen molar-refractivity contribution in [1.82, 2.24) is 0 Å². The zero-order valence-electron chi connectivity index (χ0n) is 8.59. The largest absolute Gasteiger partial charge is 0.490 e. The molecule has 1 aliphatic rings. The summed E-state index contributed by atoms with van der Waals surface area (Å²) in [5.41, 5.74) is 0.708. The van der Waals surface area contributed by atoms with E-state index in [1.807, 2.05) is 19.9 Å². The third-order valence-electron chi connectivity index (χ3n) is 2.41. The highest BCUT2D eigenvalue weighted by molar-refractivity contribution is 5.37. The molecular formula is C12H15FO. The first-order valence-corrected chi connectivity index (χ1v) is 5.13. The van der Waals surface area contributed by atoms with E-state index in [0.717, 1.165) is 18.6 Å². The van der Waals surface area contributed by atoms with E-state index in [0.29, 0.717) is 11.7 Å². The van der Waals surface area contributed by atoms with Crippen LogP contribution in [0.15, 0.2) is 18.2 Å². The van der Waals surface area contributed by atoms with Crippen molar-refractivity contribution in [3.8, 4) is 5.75 Å². The summed E-state index contributed by atoms with van der Waals surface area (Å²) < 4.78 is 19.2. The maximum absolute atomic E-state index is 13.5. The first-order valence-electron chi connectivity index (χ1n) is 5.13. The molecule has 1 fully saturated rings. The Morgan fingerprint density at radius 3 is 2.64 bits per heavy atom. The van der Waals surface area contributed by atoms with Crippen LogP contribution in [0, 0.1) is 5.82 Å². The van der Waals surface area contributed by atoms with Crippen molar-refractivity contribution in [1.29, 1.82) is 0 Å². The molecule has 1 saturated carbocycles. The second-order valence-corrected chi connectivity index (χ2v) is 4.12. The van der Waals surface area contributed by atoms with E-state index in [4.69, 9.17) is 4.74 Å². The molecule has 2 heteroatoms. The smallest absolute Gasteiger partial charge is 0.130 e. The molecule has 0 unspecified atom stereocenters. The molecule has 1 aromatic rings. The minimum absolute atomic E-state index is 0.154. The molecule has 0 bridgehead atoms. The fourth-order valence-electron chi connectivity index (χ4n) is 1.55. The topological polar surface area (TPSA) is 9.23 Å². The van der Waals surface area contributed by atoms with Gasteiger partial charge in [0.1, 0.15) is 11.6 Å². The lowest BCUT2D eigenvalue weighted by atomic mass is 10.0. The minimum Gasteiger partial charge on any atom is -0.490 e. The SMILES string of the molecule is CC(C)c1c(F)cccc1OC1CC1. The quantitative estimate of drug-likeness (QED) is 0.715. The van der Waals surface area contributed by atoms with Crippen LogP contribution in [0.4, 0.5) is 4.39 Å². The molecule has 0 aromatic heterocycles. The summed E-state index contributed by atoms with van der Waals surface area (Å²) in [5.74, 6) is 0.741. The Hall–Kier alpha value is -1.05. The second-order valence-electron chi connectivity index (χ2n) is 4.12. The fraction of sp³-hybridized carbons (Fsp3) is 0.500. The summed E-state index contributed by atoms with van der Waals surface area (Å²) in [4.78, 5) is 0. The third-order valence-corrected chi connectivity index (χ3v) is 2.41. The van der Waals surface area contributed by atoms with Crippen LogP contribution in [-0.2, 0) is 0 Å². The van der Waals surface area contributed by atoms with E-state index in [9.17, 15) is 4.39 Å². The zero-order chi connectivity index (χ0) is 10.1. The molecule has 1 nitrogen and oxygen atoms in total. The first-order chi connectivity index (χ1) is 6.68. The first kappa shape index (κ1) is 9.50. The summed E-state index contributed by atoms with van der Waals surface area (Å²) in [7, 11) is 0. The van der Waals surface area contributed by atoms with Crippen molar-refractivity contribution in [3.05, 3.63) is 29.6 Å². The molecule has 0 spiro atoms. The van der Waals surface area contributed by atoms with Crippen LogP contribution in [0.1, 0.15) is 38.2 Å². The highest BCUT2D eigenvalue weighted by atomic mass is 19.1. The summed E-state index contributed by atoms with van der Waals surface area (Å²) in [5, 5.41) is 0. The van der Waals surface area contributed by atoms with Gasteiger partial charge in [-0.25, -0.2) is 4.39 Å². The standard InChI is InChI=1S/C12H15FO/c1-8(2)12-10(13)4-3-5-11(12)14-9-6-7-9/h3-5,8-9H,6-7H2,1-2H3. The Labute approximate surface area is 83.9 Å². The molecule has 14 heavy (non-hydrogen) atoms. The van der Waals surface area contributed by atoms with Crippen molar-refractivity contribution in [2.24, 2.45) is 0 Å². The predicted octanol–water partition coefficient (Wildman–Crippen LogP) is 3.49. The molecule has 0 atom stereocenters. The average Bonchev–Trinajstić information content (AvgIpc) is 2.87. The van der Waals surface area contributed by atoms with Gasteiger partial charge in [-0.1, -0.05) is 19.9 Å². The Bertz CT molecular complexity index is 329. The van der Waals surface area contributed by atoms with E-state index in [2.05, 4.69) is 0 Å². The Morgan fingerprint density at radius 1 is 1.36 bits per heavy atom. The predicted molar refractivity (Wildman–Crippen MR) is 54.1 cm³/mol. The van der Waals surface area contributed by atoms with Crippen molar-refractivity contribution < 1.29 is 9.13 Å². The number of hydrogen-bond donors (Lipinski definition) is 0. The number of benzene rings is 1. The van der Waals surface area contributed by atoms with Gasteiger partial charge < -0.3 is 4.74 Å². The molecule has 0 heterocycles. The summed E-state index contributed by atoms with van der Waals surface area (Å²) in [6, 6.07) is 5.06. The molecule has 0 amide bonds. The van der Waals surface area contributed by atoms with Gasteiger partial charge >= 0.3 is 0 Å². The van der Waals surface area contributed by atoms with Crippen LogP contribution in [0.25, 0.3) is 0 Å². The van der Waals surface area contributed by atoms with E-state index >= 15 is 0 Å². The highest BCUT2D eigenvalue weighted by Gasteiger charge is 2.25. The molecule has 0 radical (unpaired) electrons. The molecule has 0 N–H and O–H groups in total. The van der Waals surface area contributed by atoms with E-state index in [-0.39, 0.29) is 11.7 Å². The monoisotopic (exact) mass is 194 g/mol. The van der Waals surface area contributed by atoms with Gasteiger partial charge in [-0.2, -0.15) is 0 Å². The lowest BCUT2D eigenvalue weighted by Crippen LogP contribution is -2.03. The normalized spacial score (nSPS) is 16.0. The van der Waals surface area contributed by atoms with Gasteiger partial charge in [0.25, 0.3) is 0 Å². The summed E-state index contributed by atoms with van der Waals surface area (Å²) in [6.07, 6.45) is 2.54. The zero-order valence-corrected chi connectivity index (χ0v) is 8.59. The second kappa shape index (κ2) is 3.60. The average molecular weight is 194 g/mol. The van der Waals surface area contributed by atoms with Gasteiger partial charge in [-0.05, 0) is 30.9 Å². The van der Waals surface area contributed by atoms with Crippen molar-refractivity contribution in [2.75, 3.05) is 0 Å². The molecule has 1 aliphatic carbocycles. The number of rotatable bonds is 3. The lowest BCUT2D eigenvalue weighted by Gasteiger charge is -2.14. The molecule has 2 rings (SSSR count). The molecular weight excluding hydrogens is 179 g/mol. The summed E-state index contributed by atoms with van der Waals surface area (Å²) >= 11 is 0. The van der Waals surface area contributed by atoms with Gasteiger partial charge in [-0.15, -0.1) is 0 Å². The maximum atomic E-state index is 13.5. The molecule has 0 saturated heterocycles. The van der Waals surface area contributed by atoms with Gasteiger partial charge in [0.2, 0.25) is 0 Å². The molecule has 0 aliphatic heterocycles. The highest BCUT2D eigenvalue weighted by Crippen LogP contribution is 2.33. The van der Waals surface area contributed by atoms with Crippen LogP contribution in [0.2, 0.25) is 0 Å². The Kier molecular flexibility index (Phi) is 2.44.